The Bertz CT molecular complexity index is 542. The van der Waals surface area contributed by atoms with Crippen LogP contribution in [0.5, 0.6) is 0 Å². The van der Waals surface area contributed by atoms with Crippen molar-refractivity contribution >= 4 is 39.2 Å². The van der Waals surface area contributed by atoms with E-state index in [1.807, 2.05) is 0 Å². The number of carbonyl (C=O) groups excluding carboxylic acids is 1. The molecule has 0 aliphatic rings. The molecule has 0 aliphatic heterocycles. The van der Waals surface area contributed by atoms with Gasteiger partial charge in [0.15, 0.2) is 5.11 Å². The van der Waals surface area contributed by atoms with Gasteiger partial charge >= 0.3 is 0 Å². The summed E-state index contributed by atoms with van der Waals surface area (Å²) in [4.78, 5) is 11.9. The number of thiocarbonyl (C=S) groups is 1. The average Bonchev–Trinajstić information content (AvgIpc) is 2.53. The minimum absolute atomic E-state index is 0.0531. The highest BCUT2D eigenvalue weighted by molar-refractivity contribution is 9.10. The lowest BCUT2D eigenvalue weighted by Gasteiger charge is -2.15. The summed E-state index contributed by atoms with van der Waals surface area (Å²) in [6, 6.07) is 4.18. The van der Waals surface area contributed by atoms with Crippen LogP contribution in [0.15, 0.2) is 22.7 Å². The molecule has 0 radical (unpaired) electrons. The first kappa shape index (κ1) is 19.8. The molecule has 4 nitrogen and oxygen atoms in total. The van der Waals surface area contributed by atoms with Gasteiger partial charge in [-0.2, -0.15) is 0 Å². The third-order valence-corrected chi connectivity index (χ3v) is 4.11. The Morgan fingerprint density at radius 1 is 1.35 bits per heavy atom. The van der Waals surface area contributed by atoms with Crippen molar-refractivity contribution in [2.45, 2.75) is 39.5 Å². The Labute approximate surface area is 150 Å². The molecule has 3 N–H and O–H groups in total. The van der Waals surface area contributed by atoms with Crippen LogP contribution in [0.1, 0.15) is 49.9 Å². The largest absolute Gasteiger partial charge is 0.361 e. The number of benzene rings is 1. The van der Waals surface area contributed by atoms with Crippen molar-refractivity contribution in [1.82, 2.24) is 16.2 Å². The number of unbranched alkanes of at least 4 members (excludes halogenated alkanes) is 2. The summed E-state index contributed by atoms with van der Waals surface area (Å²) in [5.74, 6) is -0.667. The van der Waals surface area contributed by atoms with Gasteiger partial charge in [0, 0.05) is 11.0 Å². The number of hydrogen-bond acceptors (Lipinski definition) is 2. The summed E-state index contributed by atoms with van der Waals surface area (Å²) in [6.07, 6.45) is 4.79. The van der Waals surface area contributed by atoms with Gasteiger partial charge in [0.25, 0.3) is 5.91 Å². The van der Waals surface area contributed by atoms with E-state index in [0.717, 1.165) is 13.0 Å². The topological polar surface area (TPSA) is 53.2 Å². The monoisotopic (exact) mass is 403 g/mol. The van der Waals surface area contributed by atoms with Gasteiger partial charge in [-0.25, -0.2) is 4.39 Å². The van der Waals surface area contributed by atoms with Gasteiger partial charge in [-0.3, -0.25) is 15.6 Å². The number of hydrazine groups is 1. The van der Waals surface area contributed by atoms with Crippen molar-refractivity contribution in [3.05, 3.63) is 34.1 Å². The second-order valence-corrected chi connectivity index (χ2v) is 6.84. The Kier molecular flexibility index (Phi) is 9.09. The van der Waals surface area contributed by atoms with Gasteiger partial charge in [-0.1, -0.05) is 49.0 Å². The molecule has 0 aromatic heterocycles. The predicted octanol–water partition coefficient (Wildman–Crippen LogP) is 3.91. The summed E-state index contributed by atoms with van der Waals surface area (Å²) in [5, 5.41) is 3.36. The van der Waals surface area contributed by atoms with E-state index in [2.05, 4.69) is 45.9 Å². The van der Waals surface area contributed by atoms with E-state index in [4.69, 9.17) is 12.2 Å². The quantitative estimate of drug-likeness (QED) is 0.367. The van der Waals surface area contributed by atoms with Crippen LogP contribution >= 0.6 is 28.1 Å². The Balaban J connectivity index is 2.32. The number of hydrogen-bond donors (Lipinski definition) is 3. The fourth-order valence-corrected chi connectivity index (χ4v) is 2.50. The molecule has 0 fully saturated rings. The van der Waals surface area contributed by atoms with E-state index < -0.39 is 11.7 Å². The van der Waals surface area contributed by atoms with E-state index in [9.17, 15) is 9.18 Å². The Morgan fingerprint density at radius 2 is 2.09 bits per heavy atom. The van der Waals surface area contributed by atoms with Crippen molar-refractivity contribution in [1.29, 1.82) is 0 Å². The molecule has 23 heavy (non-hydrogen) atoms. The van der Waals surface area contributed by atoms with Crippen molar-refractivity contribution in [2.24, 2.45) is 5.92 Å². The third-order valence-electron chi connectivity index (χ3n) is 3.37. The van der Waals surface area contributed by atoms with Crippen LogP contribution in [0.2, 0.25) is 0 Å². The molecule has 0 unspecified atom stereocenters. The summed E-state index contributed by atoms with van der Waals surface area (Å²) < 4.78 is 14.2. The fraction of sp³-hybridized carbons (Fsp3) is 0.500. The summed E-state index contributed by atoms with van der Waals surface area (Å²) >= 11 is 8.30. The van der Waals surface area contributed by atoms with Crippen molar-refractivity contribution in [3.63, 3.8) is 0 Å². The van der Waals surface area contributed by atoms with Gasteiger partial charge in [0.05, 0.1) is 5.56 Å². The van der Waals surface area contributed by atoms with Crippen LogP contribution in [0.25, 0.3) is 0 Å². The molecule has 0 saturated carbocycles. The molecule has 1 rings (SSSR count). The van der Waals surface area contributed by atoms with Crippen molar-refractivity contribution in [3.8, 4) is 0 Å². The molecule has 0 spiro atoms. The van der Waals surface area contributed by atoms with Crippen LogP contribution < -0.4 is 16.2 Å². The second kappa shape index (κ2) is 10.5. The fourth-order valence-electron chi connectivity index (χ4n) is 2.01. The smallest absolute Gasteiger partial charge is 0.272 e. The number of carbonyl (C=O) groups is 1. The van der Waals surface area contributed by atoms with Crippen molar-refractivity contribution < 1.29 is 9.18 Å². The second-order valence-electron chi connectivity index (χ2n) is 5.51. The highest BCUT2D eigenvalue weighted by atomic mass is 79.9. The van der Waals surface area contributed by atoms with Crippen LogP contribution in [0, 0.1) is 11.7 Å². The minimum atomic E-state index is -0.587. The zero-order valence-corrected chi connectivity index (χ0v) is 15.8. The van der Waals surface area contributed by atoms with E-state index in [-0.39, 0.29) is 5.56 Å². The predicted molar refractivity (Wildman–Crippen MR) is 98.6 cm³/mol. The molecular formula is C16H23BrFN3OS. The first-order valence-corrected chi connectivity index (χ1v) is 8.93. The zero-order valence-electron chi connectivity index (χ0n) is 13.4. The SMILES string of the molecule is CCCCC[C@@H](C)CNC(=S)NNC(=O)c1cc(Br)ccc1F. The molecule has 0 aliphatic carbocycles. The summed E-state index contributed by atoms with van der Waals surface area (Å²) in [6.45, 7) is 5.07. The lowest BCUT2D eigenvalue weighted by atomic mass is 10.0. The first-order chi connectivity index (χ1) is 10.9. The van der Waals surface area contributed by atoms with E-state index in [1.54, 1.807) is 0 Å². The third kappa shape index (κ3) is 7.74. The first-order valence-electron chi connectivity index (χ1n) is 7.73. The van der Waals surface area contributed by atoms with Crippen LogP contribution in [-0.4, -0.2) is 17.6 Å². The van der Waals surface area contributed by atoms with Crippen LogP contribution in [0.4, 0.5) is 4.39 Å². The van der Waals surface area contributed by atoms with Gasteiger partial charge in [-0.15, -0.1) is 0 Å². The molecule has 1 aromatic rings. The highest BCUT2D eigenvalue weighted by Crippen LogP contribution is 2.15. The Hall–Kier alpha value is -1.21. The molecule has 0 bridgehead atoms. The normalized spacial score (nSPS) is 11.7. The van der Waals surface area contributed by atoms with Gasteiger partial charge in [0.1, 0.15) is 5.82 Å². The van der Waals surface area contributed by atoms with Gasteiger partial charge in [0.2, 0.25) is 0 Å². The summed E-state index contributed by atoms with van der Waals surface area (Å²) in [7, 11) is 0. The number of rotatable bonds is 7. The Morgan fingerprint density at radius 3 is 2.78 bits per heavy atom. The maximum atomic E-state index is 13.6. The van der Waals surface area contributed by atoms with E-state index >= 15 is 0 Å². The molecule has 1 amide bonds. The van der Waals surface area contributed by atoms with E-state index in [0.29, 0.717) is 15.5 Å². The highest BCUT2D eigenvalue weighted by Gasteiger charge is 2.12. The van der Waals surface area contributed by atoms with Gasteiger partial charge in [-0.05, 0) is 42.8 Å². The van der Waals surface area contributed by atoms with E-state index in [1.165, 1.54) is 37.5 Å². The molecule has 1 atom stereocenters. The molecule has 0 saturated heterocycles. The molecule has 7 heteroatoms. The summed E-state index contributed by atoms with van der Waals surface area (Å²) in [5.41, 5.74) is 4.93. The molecular weight excluding hydrogens is 381 g/mol. The average molecular weight is 404 g/mol. The maximum absolute atomic E-state index is 13.6. The number of nitrogens with one attached hydrogen (secondary N) is 3. The molecule has 1 aromatic carbocycles. The minimum Gasteiger partial charge on any atom is -0.361 e. The van der Waals surface area contributed by atoms with Crippen LogP contribution in [-0.2, 0) is 0 Å². The number of amides is 1. The van der Waals surface area contributed by atoms with Crippen LogP contribution in [0.3, 0.4) is 0 Å². The molecule has 128 valence electrons. The van der Waals surface area contributed by atoms with Crippen molar-refractivity contribution in [2.75, 3.05) is 6.54 Å². The van der Waals surface area contributed by atoms with Gasteiger partial charge < -0.3 is 5.32 Å². The number of halogens is 2. The lowest BCUT2D eigenvalue weighted by molar-refractivity contribution is 0.0939. The zero-order chi connectivity index (χ0) is 17.2. The standard InChI is InChI=1S/C16H23BrFN3OS/c1-3-4-5-6-11(2)10-19-16(23)21-20-15(22)13-9-12(17)7-8-14(13)18/h7-9,11H,3-6,10H2,1-2H3,(H,20,22)(H2,19,21,23)/t11-/m1/s1. The maximum Gasteiger partial charge on any atom is 0.272 e. The lowest BCUT2D eigenvalue weighted by Crippen LogP contribution is -2.47. The molecule has 0 heterocycles.